The van der Waals surface area contributed by atoms with Crippen LogP contribution < -0.4 is 5.32 Å². The number of hydrogen-bond acceptors (Lipinski definition) is 3. The standard InChI is InChI=1S/C20H28N6.HI/c1-4-11-21-20(22-14-19-24-23-16(2)25(19)3)26-12-10-18(15-26)13-17-8-6-5-7-9-17;/h4-9,18H,1,10-15H2,2-3H3,(H,21,22);1H. The van der Waals surface area contributed by atoms with Gasteiger partial charge in [-0.25, -0.2) is 4.99 Å². The van der Waals surface area contributed by atoms with Gasteiger partial charge < -0.3 is 14.8 Å². The summed E-state index contributed by atoms with van der Waals surface area (Å²) < 4.78 is 1.98. The molecule has 146 valence electrons. The average Bonchev–Trinajstić information content (AvgIpc) is 3.24. The van der Waals surface area contributed by atoms with Crippen LogP contribution in [0.25, 0.3) is 0 Å². The number of halogens is 1. The van der Waals surface area contributed by atoms with Gasteiger partial charge in [-0.2, -0.15) is 0 Å². The van der Waals surface area contributed by atoms with Gasteiger partial charge in [-0.3, -0.25) is 0 Å². The fourth-order valence-corrected chi connectivity index (χ4v) is 3.30. The maximum atomic E-state index is 4.79. The zero-order valence-corrected chi connectivity index (χ0v) is 18.5. The van der Waals surface area contributed by atoms with Gasteiger partial charge in [0.05, 0.1) is 0 Å². The van der Waals surface area contributed by atoms with Gasteiger partial charge in [-0.05, 0) is 31.2 Å². The van der Waals surface area contributed by atoms with Crippen molar-refractivity contribution in [2.24, 2.45) is 18.0 Å². The Morgan fingerprint density at radius 2 is 2.11 bits per heavy atom. The van der Waals surface area contributed by atoms with E-state index in [1.54, 1.807) is 0 Å². The van der Waals surface area contributed by atoms with Crippen LogP contribution in [0.4, 0.5) is 0 Å². The lowest BCUT2D eigenvalue weighted by Gasteiger charge is -2.21. The second-order valence-electron chi connectivity index (χ2n) is 6.82. The van der Waals surface area contributed by atoms with Crippen LogP contribution in [0.3, 0.4) is 0 Å². The molecule has 27 heavy (non-hydrogen) atoms. The van der Waals surface area contributed by atoms with Crippen LogP contribution >= 0.6 is 24.0 Å². The highest BCUT2D eigenvalue weighted by atomic mass is 127. The minimum atomic E-state index is 0. The van der Waals surface area contributed by atoms with Gasteiger partial charge in [0, 0.05) is 26.7 Å². The molecule has 0 saturated carbocycles. The summed E-state index contributed by atoms with van der Waals surface area (Å²) in [5, 5.41) is 11.7. The van der Waals surface area contributed by atoms with E-state index in [1.165, 1.54) is 12.0 Å². The summed E-state index contributed by atoms with van der Waals surface area (Å²) in [5.74, 6) is 3.37. The van der Waals surface area contributed by atoms with E-state index in [1.807, 2.05) is 24.6 Å². The van der Waals surface area contributed by atoms with Crippen molar-refractivity contribution in [2.75, 3.05) is 19.6 Å². The second kappa shape index (κ2) is 10.4. The van der Waals surface area contributed by atoms with Gasteiger partial charge in [-0.1, -0.05) is 36.4 Å². The number of nitrogens with one attached hydrogen (secondary N) is 1. The van der Waals surface area contributed by atoms with E-state index in [2.05, 4.69) is 57.3 Å². The molecule has 1 aromatic heterocycles. The Morgan fingerprint density at radius 3 is 2.78 bits per heavy atom. The average molecular weight is 480 g/mol. The molecule has 1 N–H and O–H groups in total. The molecule has 0 radical (unpaired) electrons. The second-order valence-corrected chi connectivity index (χ2v) is 6.82. The summed E-state index contributed by atoms with van der Waals surface area (Å²) in [5.41, 5.74) is 1.41. The Labute approximate surface area is 178 Å². The van der Waals surface area contributed by atoms with Crippen molar-refractivity contribution in [3.63, 3.8) is 0 Å². The van der Waals surface area contributed by atoms with E-state index >= 15 is 0 Å². The van der Waals surface area contributed by atoms with Crippen molar-refractivity contribution < 1.29 is 0 Å². The van der Waals surface area contributed by atoms with Crippen LogP contribution in [-0.4, -0.2) is 45.3 Å². The van der Waals surface area contributed by atoms with Gasteiger partial charge in [0.25, 0.3) is 0 Å². The summed E-state index contributed by atoms with van der Waals surface area (Å²) in [6, 6.07) is 10.7. The monoisotopic (exact) mass is 480 g/mol. The normalized spacial score (nSPS) is 16.9. The Hall–Kier alpha value is -1.90. The first-order valence-electron chi connectivity index (χ1n) is 9.20. The van der Waals surface area contributed by atoms with Crippen molar-refractivity contribution >= 4 is 29.9 Å². The number of guanidine groups is 1. The molecule has 3 rings (SSSR count). The number of aromatic nitrogens is 3. The van der Waals surface area contributed by atoms with Crippen LogP contribution in [0.5, 0.6) is 0 Å². The van der Waals surface area contributed by atoms with E-state index in [9.17, 15) is 0 Å². The molecule has 1 aliphatic heterocycles. The molecule has 2 heterocycles. The molecule has 1 atom stereocenters. The Morgan fingerprint density at radius 1 is 1.33 bits per heavy atom. The SMILES string of the molecule is C=CCNC(=NCc1nnc(C)n1C)N1CCC(Cc2ccccc2)C1.I. The van der Waals surface area contributed by atoms with Gasteiger partial charge in [0.15, 0.2) is 11.8 Å². The molecule has 1 saturated heterocycles. The smallest absolute Gasteiger partial charge is 0.194 e. The summed E-state index contributed by atoms with van der Waals surface area (Å²) in [7, 11) is 1.97. The molecular formula is C20H29IN6. The molecule has 1 aliphatic rings. The minimum Gasteiger partial charge on any atom is -0.353 e. The highest BCUT2D eigenvalue weighted by Crippen LogP contribution is 2.21. The molecule has 0 bridgehead atoms. The summed E-state index contributed by atoms with van der Waals surface area (Å²) in [4.78, 5) is 7.14. The van der Waals surface area contributed by atoms with E-state index in [0.717, 1.165) is 37.1 Å². The van der Waals surface area contributed by atoms with Crippen molar-refractivity contribution in [3.05, 3.63) is 60.2 Å². The van der Waals surface area contributed by atoms with E-state index < -0.39 is 0 Å². The molecule has 1 fully saturated rings. The van der Waals surface area contributed by atoms with Gasteiger partial charge >= 0.3 is 0 Å². The Balaban J connectivity index is 0.00000261. The van der Waals surface area contributed by atoms with Crippen LogP contribution in [0.15, 0.2) is 48.0 Å². The van der Waals surface area contributed by atoms with Gasteiger partial charge in [0.2, 0.25) is 0 Å². The zero-order valence-electron chi connectivity index (χ0n) is 16.1. The number of aliphatic imine (C=N–C) groups is 1. The number of likely N-dealkylation sites (tertiary alicyclic amines) is 1. The van der Waals surface area contributed by atoms with Crippen LogP contribution in [0, 0.1) is 12.8 Å². The number of hydrogen-bond donors (Lipinski definition) is 1. The van der Waals surface area contributed by atoms with E-state index in [-0.39, 0.29) is 24.0 Å². The van der Waals surface area contributed by atoms with Gasteiger partial charge in [0.1, 0.15) is 12.4 Å². The molecule has 0 spiro atoms. The maximum Gasteiger partial charge on any atom is 0.194 e. The van der Waals surface area contributed by atoms with E-state index in [4.69, 9.17) is 4.99 Å². The molecule has 0 aliphatic carbocycles. The number of rotatable bonds is 6. The third-order valence-electron chi connectivity index (χ3n) is 4.91. The predicted octanol–water partition coefficient (Wildman–Crippen LogP) is 2.94. The highest BCUT2D eigenvalue weighted by Gasteiger charge is 2.25. The lowest BCUT2D eigenvalue weighted by molar-refractivity contribution is 0.460. The Bertz CT molecular complexity index is 755. The summed E-state index contributed by atoms with van der Waals surface area (Å²) in [6.07, 6.45) is 4.17. The fraction of sp³-hybridized carbons (Fsp3) is 0.450. The first-order valence-corrected chi connectivity index (χ1v) is 9.20. The molecule has 6 nitrogen and oxygen atoms in total. The van der Waals surface area contributed by atoms with Crippen molar-refractivity contribution in [2.45, 2.75) is 26.3 Å². The quantitative estimate of drug-likeness (QED) is 0.299. The van der Waals surface area contributed by atoms with E-state index in [0.29, 0.717) is 19.0 Å². The first-order chi connectivity index (χ1) is 12.7. The van der Waals surface area contributed by atoms with Crippen LogP contribution in [0.2, 0.25) is 0 Å². The number of benzene rings is 1. The lowest BCUT2D eigenvalue weighted by Crippen LogP contribution is -2.40. The number of nitrogens with zero attached hydrogens (tertiary/aromatic N) is 5. The van der Waals surface area contributed by atoms with Crippen molar-refractivity contribution in [1.29, 1.82) is 0 Å². The number of aryl methyl sites for hydroxylation is 1. The van der Waals surface area contributed by atoms with Crippen LogP contribution in [0.1, 0.15) is 23.6 Å². The zero-order chi connectivity index (χ0) is 18.4. The third kappa shape index (κ3) is 5.79. The molecular weight excluding hydrogens is 451 g/mol. The van der Waals surface area contributed by atoms with Crippen molar-refractivity contribution in [1.82, 2.24) is 25.0 Å². The van der Waals surface area contributed by atoms with Crippen molar-refractivity contribution in [3.8, 4) is 0 Å². The molecule has 1 unspecified atom stereocenters. The maximum absolute atomic E-state index is 4.79. The fourth-order valence-electron chi connectivity index (χ4n) is 3.30. The third-order valence-corrected chi connectivity index (χ3v) is 4.91. The minimum absolute atomic E-state index is 0. The van der Waals surface area contributed by atoms with Gasteiger partial charge in [-0.15, -0.1) is 40.8 Å². The topological polar surface area (TPSA) is 58.3 Å². The lowest BCUT2D eigenvalue weighted by atomic mass is 9.99. The summed E-state index contributed by atoms with van der Waals surface area (Å²) in [6.45, 7) is 9.03. The Kier molecular flexibility index (Phi) is 8.27. The molecule has 2 aromatic rings. The molecule has 0 amide bonds. The first kappa shape index (κ1) is 21.4. The predicted molar refractivity (Wildman–Crippen MR) is 120 cm³/mol. The molecule has 7 heteroatoms. The molecule has 1 aromatic carbocycles. The summed E-state index contributed by atoms with van der Waals surface area (Å²) >= 11 is 0. The van der Waals surface area contributed by atoms with Crippen LogP contribution in [-0.2, 0) is 20.0 Å². The highest BCUT2D eigenvalue weighted by molar-refractivity contribution is 14.0. The largest absolute Gasteiger partial charge is 0.353 e.